The van der Waals surface area contributed by atoms with Crippen molar-refractivity contribution in [1.82, 2.24) is 9.88 Å². The van der Waals surface area contributed by atoms with Crippen LogP contribution in [0.15, 0.2) is 65.7 Å². The Bertz CT molecular complexity index is 1050. The van der Waals surface area contributed by atoms with E-state index >= 15 is 0 Å². The first kappa shape index (κ1) is 21.5. The lowest BCUT2D eigenvalue weighted by atomic mass is 9.92. The zero-order valence-corrected chi connectivity index (χ0v) is 19.0. The van der Waals surface area contributed by atoms with Crippen molar-refractivity contribution in [3.8, 4) is 11.5 Å². The highest BCUT2D eigenvalue weighted by Crippen LogP contribution is 2.39. The lowest BCUT2D eigenvalue weighted by Gasteiger charge is -2.37. The van der Waals surface area contributed by atoms with Crippen molar-refractivity contribution in [2.75, 3.05) is 26.5 Å². The third-order valence-corrected chi connectivity index (χ3v) is 7.21. The number of nitrogens with zero attached hydrogens (tertiary/aromatic N) is 2. The van der Waals surface area contributed by atoms with Crippen LogP contribution in [0.5, 0.6) is 11.5 Å². The van der Waals surface area contributed by atoms with Crippen LogP contribution in [0.4, 0.5) is 0 Å². The molecule has 0 N–H and O–H groups in total. The fraction of sp³-hybridized carbons (Fsp3) is 0.320. The number of fused-ring (bicyclic) bond motifs is 1. The van der Waals surface area contributed by atoms with Crippen molar-refractivity contribution < 1.29 is 13.7 Å². The third kappa shape index (κ3) is 4.81. The van der Waals surface area contributed by atoms with E-state index in [0.717, 1.165) is 40.4 Å². The molecule has 0 bridgehead atoms. The summed E-state index contributed by atoms with van der Waals surface area (Å²) in [7, 11) is 2.18. The second-order valence-corrected chi connectivity index (χ2v) is 9.28. The SMILES string of the molecule is COc1cc2c(cc1OC)[C@@H](C[S@@](=O)c1ccc(C)cc1)N(Cc1ccccn1)CC2. The van der Waals surface area contributed by atoms with Crippen LogP contribution in [0.1, 0.15) is 28.4 Å². The van der Waals surface area contributed by atoms with E-state index in [1.54, 1.807) is 14.2 Å². The summed E-state index contributed by atoms with van der Waals surface area (Å²) in [5.41, 5.74) is 4.55. The molecular formula is C25H28N2O3S. The predicted octanol–water partition coefficient (Wildman–Crippen LogP) is 4.31. The zero-order valence-electron chi connectivity index (χ0n) is 18.2. The number of hydrogen-bond donors (Lipinski definition) is 0. The number of aryl methyl sites for hydroxylation is 1. The average Bonchev–Trinajstić information content (AvgIpc) is 2.80. The molecule has 0 unspecified atom stereocenters. The van der Waals surface area contributed by atoms with Gasteiger partial charge in [0.05, 0.1) is 30.7 Å². The molecule has 0 amide bonds. The van der Waals surface area contributed by atoms with Crippen molar-refractivity contribution in [3.63, 3.8) is 0 Å². The second kappa shape index (κ2) is 9.62. The Morgan fingerprint density at radius 2 is 1.81 bits per heavy atom. The van der Waals surface area contributed by atoms with E-state index in [2.05, 4.69) is 22.0 Å². The fourth-order valence-corrected chi connectivity index (χ4v) is 5.40. The largest absolute Gasteiger partial charge is 0.493 e. The number of methoxy groups -OCH3 is 2. The molecule has 4 rings (SSSR count). The number of hydrogen-bond acceptors (Lipinski definition) is 5. The minimum atomic E-state index is -1.13. The van der Waals surface area contributed by atoms with E-state index in [0.29, 0.717) is 18.0 Å². The molecule has 5 nitrogen and oxygen atoms in total. The maximum atomic E-state index is 13.3. The molecule has 31 heavy (non-hydrogen) atoms. The molecule has 0 saturated carbocycles. The van der Waals surface area contributed by atoms with Crippen molar-refractivity contribution in [1.29, 1.82) is 0 Å². The molecule has 1 aromatic heterocycles. The highest BCUT2D eigenvalue weighted by atomic mass is 32.2. The summed E-state index contributed by atoms with van der Waals surface area (Å²) in [4.78, 5) is 7.74. The zero-order chi connectivity index (χ0) is 21.8. The molecule has 2 atom stereocenters. The highest BCUT2D eigenvalue weighted by Gasteiger charge is 2.31. The van der Waals surface area contributed by atoms with Gasteiger partial charge in [0, 0.05) is 36.0 Å². The topological polar surface area (TPSA) is 51.7 Å². The quantitative estimate of drug-likeness (QED) is 0.552. The smallest absolute Gasteiger partial charge is 0.161 e. The van der Waals surface area contributed by atoms with Crippen molar-refractivity contribution >= 4 is 10.8 Å². The van der Waals surface area contributed by atoms with Gasteiger partial charge in [0.25, 0.3) is 0 Å². The maximum Gasteiger partial charge on any atom is 0.161 e. The van der Waals surface area contributed by atoms with Crippen LogP contribution in [0.25, 0.3) is 0 Å². The molecular weight excluding hydrogens is 408 g/mol. The number of benzene rings is 2. The van der Waals surface area contributed by atoms with Gasteiger partial charge in [-0.15, -0.1) is 0 Å². The van der Waals surface area contributed by atoms with E-state index < -0.39 is 10.8 Å². The van der Waals surface area contributed by atoms with Crippen LogP contribution in [0, 0.1) is 6.92 Å². The molecule has 3 aromatic rings. The maximum absolute atomic E-state index is 13.3. The minimum Gasteiger partial charge on any atom is -0.493 e. The van der Waals surface area contributed by atoms with Gasteiger partial charge in [-0.05, 0) is 60.9 Å². The van der Waals surface area contributed by atoms with Gasteiger partial charge >= 0.3 is 0 Å². The average molecular weight is 437 g/mol. The molecule has 2 aromatic carbocycles. The van der Waals surface area contributed by atoms with E-state index in [1.807, 2.05) is 55.6 Å². The summed E-state index contributed by atoms with van der Waals surface area (Å²) in [6.45, 7) is 3.62. The van der Waals surface area contributed by atoms with Crippen molar-refractivity contribution in [2.45, 2.75) is 30.8 Å². The van der Waals surface area contributed by atoms with Crippen LogP contribution in [-0.4, -0.2) is 40.6 Å². The molecule has 6 heteroatoms. The van der Waals surface area contributed by atoms with E-state index in [4.69, 9.17) is 9.47 Å². The molecule has 0 aliphatic carbocycles. The van der Waals surface area contributed by atoms with Crippen LogP contribution < -0.4 is 9.47 Å². The van der Waals surface area contributed by atoms with Gasteiger partial charge in [-0.25, -0.2) is 0 Å². The second-order valence-electron chi connectivity index (χ2n) is 7.79. The van der Waals surface area contributed by atoms with Gasteiger partial charge in [0.15, 0.2) is 11.5 Å². The fourth-order valence-electron chi connectivity index (χ4n) is 4.09. The van der Waals surface area contributed by atoms with Gasteiger partial charge in [-0.3, -0.25) is 14.1 Å². The molecule has 0 saturated heterocycles. The van der Waals surface area contributed by atoms with Gasteiger partial charge in [0.2, 0.25) is 0 Å². The first-order chi connectivity index (χ1) is 15.1. The molecule has 0 spiro atoms. The Morgan fingerprint density at radius 1 is 1.06 bits per heavy atom. The Morgan fingerprint density at radius 3 is 2.48 bits per heavy atom. The number of aromatic nitrogens is 1. The summed E-state index contributed by atoms with van der Waals surface area (Å²) in [6, 6.07) is 18.0. The van der Waals surface area contributed by atoms with Crippen LogP contribution >= 0.6 is 0 Å². The summed E-state index contributed by atoms with van der Waals surface area (Å²) < 4.78 is 24.4. The van der Waals surface area contributed by atoms with Crippen LogP contribution in [-0.2, 0) is 23.8 Å². The molecule has 0 radical (unpaired) electrons. The van der Waals surface area contributed by atoms with E-state index in [1.165, 1.54) is 5.56 Å². The summed E-state index contributed by atoms with van der Waals surface area (Å²) in [6.07, 6.45) is 2.72. The van der Waals surface area contributed by atoms with Crippen molar-refractivity contribution in [3.05, 3.63) is 83.2 Å². The lowest BCUT2D eigenvalue weighted by molar-refractivity contribution is 0.189. The Labute approximate surface area is 186 Å². The van der Waals surface area contributed by atoms with E-state index in [-0.39, 0.29) is 6.04 Å². The predicted molar refractivity (Wildman–Crippen MR) is 123 cm³/mol. The molecule has 162 valence electrons. The molecule has 1 aliphatic rings. The molecule has 1 aliphatic heterocycles. The first-order valence-corrected chi connectivity index (χ1v) is 11.7. The van der Waals surface area contributed by atoms with Crippen molar-refractivity contribution in [2.24, 2.45) is 0 Å². The van der Waals surface area contributed by atoms with Crippen LogP contribution in [0.2, 0.25) is 0 Å². The van der Waals surface area contributed by atoms with Gasteiger partial charge in [0.1, 0.15) is 0 Å². The monoisotopic (exact) mass is 436 g/mol. The Hall–Kier alpha value is -2.70. The standard InChI is InChI=1S/C25H28N2O3S/c1-18-7-9-21(10-8-18)31(28)17-23-22-15-25(30-3)24(29-2)14-19(22)11-13-27(23)16-20-6-4-5-12-26-20/h4-10,12,14-15,23H,11,13,16-17H2,1-3H3/t23-,31-/m1/s1. The summed E-state index contributed by atoms with van der Waals surface area (Å²) in [5.74, 6) is 1.95. The number of ether oxygens (including phenoxy) is 2. The van der Waals surface area contributed by atoms with Gasteiger partial charge in [-0.2, -0.15) is 0 Å². The molecule has 0 fully saturated rings. The summed E-state index contributed by atoms with van der Waals surface area (Å²) >= 11 is 0. The lowest BCUT2D eigenvalue weighted by Crippen LogP contribution is -2.38. The minimum absolute atomic E-state index is 0.00676. The normalized spacial score (nSPS) is 17.1. The highest BCUT2D eigenvalue weighted by molar-refractivity contribution is 7.85. The summed E-state index contributed by atoms with van der Waals surface area (Å²) in [5, 5.41) is 0. The molecule has 2 heterocycles. The number of rotatable bonds is 7. The van der Waals surface area contributed by atoms with Crippen LogP contribution in [0.3, 0.4) is 0 Å². The van der Waals surface area contributed by atoms with E-state index in [9.17, 15) is 4.21 Å². The van der Waals surface area contributed by atoms with Gasteiger partial charge < -0.3 is 9.47 Å². The first-order valence-electron chi connectivity index (χ1n) is 10.4. The Kier molecular flexibility index (Phi) is 6.68. The third-order valence-electron chi connectivity index (χ3n) is 5.80. The van der Waals surface area contributed by atoms with Gasteiger partial charge in [-0.1, -0.05) is 23.8 Å². The number of pyridine rings is 1. The Balaban J connectivity index is 1.69.